The van der Waals surface area contributed by atoms with Crippen LogP contribution < -0.4 is 14.5 Å². The van der Waals surface area contributed by atoms with Crippen molar-refractivity contribution in [3.8, 4) is 11.4 Å². The summed E-state index contributed by atoms with van der Waals surface area (Å²) in [6.07, 6.45) is 2.46. The highest BCUT2D eigenvalue weighted by atomic mass is 32.2. The first-order valence-electron chi connectivity index (χ1n) is 9.99. The van der Waals surface area contributed by atoms with E-state index in [0.29, 0.717) is 22.7 Å². The molecule has 0 bridgehead atoms. The van der Waals surface area contributed by atoms with E-state index in [-0.39, 0.29) is 5.82 Å². The Balaban J connectivity index is 1.74. The number of aromatic nitrogens is 1. The molecule has 8 nitrogen and oxygen atoms in total. The van der Waals surface area contributed by atoms with Crippen LogP contribution in [0.4, 0.5) is 10.1 Å². The van der Waals surface area contributed by atoms with Crippen molar-refractivity contribution in [3.63, 3.8) is 0 Å². The monoisotopic (exact) mass is 472 g/mol. The van der Waals surface area contributed by atoms with Gasteiger partial charge in [0.1, 0.15) is 18.1 Å². The molecule has 1 N–H and O–H groups in total. The lowest BCUT2D eigenvalue weighted by atomic mass is 10.2. The molecule has 0 aliphatic rings. The smallest absolute Gasteiger partial charge is 0.260 e. The summed E-state index contributed by atoms with van der Waals surface area (Å²) in [5.41, 5.74) is 5.32. The molecule has 1 amide bonds. The largest absolute Gasteiger partial charge is 0.497 e. The summed E-state index contributed by atoms with van der Waals surface area (Å²) >= 11 is 0. The molecule has 3 aromatic rings. The van der Waals surface area contributed by atoms with Gasteiger partial charge in [0.25, 0.3) is 5.91 Å². The topological polar surface area (TPSA) is 93.0 Å². The van der Waals surface area contributed by atoms with Crippen LogP contribution in [0.15, 0.2) is 59.7 Å². The van der Waals surface area contributed by atoms with E-state index in [1.807, 2.05) is 19.9 Å². The number of nitrogens with zero attached hydrogens (tertiary/aromatic N) is 3. The Bertz CT molecular complexity index is 1280. The van der Waals surface area contributed by atoms with Crippen LogP contribution in [0.2, 0.25) is 0 Å². The van der Waals surface area contributed by atoms with Crippen molar-refractivity contribution in [2.24, 2.45) is 5.10 Å². The summed E-state index contributed by atoms with van der Waals surface area (Å²) in [5, 5.41) is 3.96. The van der Waals surface area contributed by atoms with Gasteiger partial charge < -0.3 is 9.30 Å². The predicted octanol–water partition coefficient (Wildman–Crippen LogP) is 3.16. The Morgan fingerprint density at radius 3 is 2.45 bits per heavy atom. The van der Waals surface area contributed by atoms with Crippen LogP contribution in [0.5, 0.6) is 5.75 Å². The lowest BCUT2D eigenvalue weighted by molar-refractivity contribution is -0.119. The summed E-state index contributed by atoms with van der Waals surface area (Å²) in [7, 11) is -2.21. The standard InChI is InChI=1S/C23H25FN4O4S/c1-16-13-18(17(2)28(16)22-8-6-5-7-21(22)24)14-25-26-23(29)15-27(33(4,30)31)19-9-11-20(32-3)12-10-19/h5-14H,15H2,1-4H3,(H,26,29)/b25-14-. The molecule has 0 atom stereocenters. The number of halogens is 1. The highest BCUT2D eigenvalue weighted by Crippen LogP contribution is 2.22. The first-order chi connectivity index (χ1) is 15.6. The number of anilines is 1. The summed E-state index contributed by atoms with van der Waals surface area (Å²) in [4.78, 5) is 12.4. The Labute approximate surface area is 192 Å². The molecule has 10 heteroatoms. The number of aryl methyl sites for hydroxylation is 1. The van der Waals surface area contributed by atoms with Gasteiger partial charge in [-0.25, -0.2) is 18.2 Å². The van der Waals surface area contributed by atoms with Crippen LogP contribution in [0.1, 0.15) is 17.0 Å². The van der Waals surface area contributed by atoms with Crippen LogP contribution in [0.3, 0.4) is 0 Å². The van der Waals surface area contributed by atoms with Gasteiger partial charge >= 0.3 is 0 Å². The minimum Gasteiger partial charge on any atom is -0.497 e. The van der Waals surface area contributed by atoms with E-state index in [4.69, 9.17) is 4.74 Å². The van der Waals surface area contributed by atoms with Crippen molar-refractivity contribution in [3.05, 3.63) is 77.4 Å². The highest BCUT2D eigenvalue weighted by molar-refractivity contribution is 7.92. The summed E-state index contributed by atoms with van der Waals surface area (Å²) in [5.74, 6) is -0.403. The van der Waals surface area contributed by atoms with Gasteiger partial charge in [0.05, 0.1) is 31.0 Å². The van der Waals surface area contributed by atoms with Gasteiger partial charge in [-0.05, 0) is 56.3 Å². The van der Waals surface area contributed by atoms with Crippen LogP contribution in [-0.4, -0.2) is 45.0 Å². The van der Waals surface area contributed by atoms with Crippen LogP contribution in [0, 0.1) is 19.7 Å². The number of ether oxygens (including phenoxy) is 1. The number of nitrogens with one attached hydrogen (secondary N) is 1. The second kappa shape index (κ2) is 9.86. The molecule has 0 aliphatic heterocycles. The van der Waals surface area contributed by atoms with E-state index >= 15 is 0 Å². The molecule has 1 heterocycles. The van der Waals surface area contributed by atoms with E-state index in [1.54, 1.807) is 47.0 Å². The normalized spacial score (nSPS) is 11.5. The fourth-order valence-corrected chi connectivity index (χ4v) is 4.27. The predicted molar refractivity (Wildman–Crippen MR) is 126 cm³/mol. The average molecular weight is 473 g/mol. The van der Waals surface area contributed by atoms with Gasteiger partial charge in [0.2, 0.25) is 10.0 Å². The van der Waals surface area contributed by atoms with Crippen molar-refractivity contribution in [2.45, 2.75) is 13.8 Å². The molecule has 0 spiro atoms. The van der Waals surface area contributed by atoms with E-state index in [9.17, 15) is 17.6 Å². The number of hydrogen-bond acceptors (Lipinski definition) is 5. The van der Waals surface area contributed by atoms with E-state index < -0.39 is 22.5 Å². The molecule has 0 saturated heterocycles. The Morgan fingerprint density at radius 2 is 1.85 bits per heavy atom. The van der Waals surface area contributed by atoms with Crippen molar-refractivity contribution in [2.75, 3.05) is 24.2 Å². The number of methoxy groups -OCH3 is 1. The Kier molecular flexibility index (Phi) is 7.17. The first kappa shape index (κ1) is 24.0. The molecule has 33 heavy (non-hydrogen) atoms. The molecule has 174 valence electrons. The molecule has 0 radical (unpaired) electrons. The second-order valence-corrected chi connectivity index (χ2v) is 9.28. The number of carbonyl (C=O) groups excluding carboxylic acids is 1. The van der Waals surface area contributed by atoms with Gasteiger partial charge in [-0.15, -0.1) is 0 Å². The fourth-order valence-electron chi connectivity index (χ4n) is 3.41. The molecular weight excluding hydrogens is 447 g/mol. The van der Waals surface area contributed by atoms with Crippen molar-refractivity contribution in [1.82, 2.24) is 9.99 Å². The summed E-state index contributed by atoms with van der Waals surface area (Å²) in [6.45, 7) is 3.21. The lowest BCUT2D eigenvalue weighted by Crippen LogP contribution is -2.39. The van der Waals surface area contributed by atoms with Crippen molar-refractivity contribution < 1.29 is 22.3 Å². The number of rotatable bonds is 8. The van der Waals surface area contributed by atoms with Gasteiger partial charge in [-0.2, -0.15) is 5.10 Å². The molecule has 0 aliphatic carbocycles. The number of carbonyl (C=O) groups is 1. The lowest BCUT2D eigenvalue weighted by Gasteiger charge is -2.21. The molecule has 0 saturated carbocycles. The van der Waals surface area contributed by atoms with Gasteiger partial charge in [-0.3, -0.25) is 9.10 Å². The summed E-state index contributed by atoms with van der Waals surface area (Å²) in [6, 6.07) is 14.6. The Hall–Kier alpha value is -3.66. The number of hydrogen-bond donors (Lipinski definition) is 1. The number of sulfonamides is 1. The third kappa shape index (κ3) is 5.58. The SMILES string of the molecule is COc1ccc(N(CC(=O)N/N=C\c2cc(C)n(-c3ccccc3F)c2C)S(C)(=O)=O)cc1. The number of benzene rings is 2. The Morgan fingerprint density at radius 1 is 1.18 bits per heavy atom. The van der Waals surface area contributed by atoms with E-state index in [2.05, 4.69) is 10.5 Å². The molecular formula is C23H25FN4O4S. The van der Waals surface area contributed by atoms with Crippen molar-refractivity contribution >= 4 is 27.8 Å². The minimum atomic E-state index is -3.71. The van der Waals surface area contributed by atoms with Crippen LogP contribution >= 0.6 is 0 Å². The third-order valence-corrected chi connectivity index (χ3v) is 6.15. The quantitative estimate of drug-likeness (QED) is 0.403. The molecule has 0 fully saturated rings. The number of amides is 1. The number of hydrazone groups is 1. The molecule has 3 rings (SSSR count). The first-order valence-corrected chi connectivity index (χ1v) is 11.8. The maximum Gasteiger partial charge on any atom is 0.260 e. The van der Waals surface area contributed by atoms with Gasteiger partial charge in [-0.1, -0.05) is 12.1 Å². The third-order valence-electron chi connectivity index (χ3n) is 5.00. The molecule has 2 aromatic carbocycles. The number of para-hydroxylation sites is 1. The second-order valence-electron chi connectivity index (χ2n) is 7.37. The fraction of sp³-hybridized carbons (Fsp3) is 0.217. The van der Waals surface area contributed by atoms with E-state index in [0.717, 1.165) is 21.9 Å². The minimum absolute atomic E-state index is 0.325. The average Bonchev–Trinajstić information content (AvgIpc) is 3.05. The van der Waals surface area contributed by atoms with Crippen LogP contribution in [-0.2, 0) is 14.8 Å². The van der Waals surface area contributed by atoms with Gasteiger partial charge in [0.15, 0.2) is 0 Å². The highest BCUT2D eigenvalue weighted by Gasteiger charge is 2.21. The zero-order valence-electron chi connectivity index (χ0n) is 18.7. The maximum absolute atomic E-state index is 14.2. The molecule has 0 unspecified atom stereocenters. The van der Waals surface area contributed by atoms with Gasteiger partial charge in [0, 0.05) is 17.0 Å². The van der Waals surface area contributed by atoms with E-state index in [1.165, 1.54) is 19.4 Å². The molecule has 1 aromatic heterocycles. The maximum atomic E-state index is 14.2. The van der Waals surface area contributed by atoms with Crippen LogP contribution in [0.25, 0.3) is 5.69 Å². The summed E-state index contributed by atoms with van der Waals surface area (Å²) < 4.78 is 46.5. The zero-order valence-corrected chi connectivity index (χ0v) is 19.6. The van der Waals surface area contributed by atoms with Crippen molar-refractivity contribution in [1.29, 1.82) is 0 Å². The zero-order chi connectivity index (χ0) is 24.2.